The van der Waals surface area contributed by atoms with Crippen LogP contribution in [0, 0.1) is 13.8 Å². The van der Waals surface area contributed by atoms with Crippen LogP contribution in [0.4, 0.5) is 0 Å². The second kappa shape index (κ2) is 13.3. The molecule has 32 heavy (non-hydrogen) atoms. The van der Waals surface area contributed by atoms with E-state index in [9.17, 15) is 24.3 Å². The molecule has 1 aromatic carbocycles. The topological polar surface area (TPSA) is 203 Å². The van der Waals surface area contributed by atoms with Crippen molar-refractivity contribution in [2.45, 2.75) is 51.6 Å². The Morgan fingerprint density at radius 2 is 1.59 bits per heavy atom. The summed E-state index contributed by atoms with van der Waals surface area (Å²) in [5.41, 5.74) is 18.3. The van der Waals surface area contributed by atoms with Crippen molar-refractivity contribution in [3.63, 3.8) is 0 Å². The van der Waals surface area contributed by atoms with Crippen LogP contribution in [0.1, 0.15) is 36.0 Å². The largest absolute Gasteiger partial charge is 0.508 e. The van der Waals surface area contributed by atoms with E-state index in [0.29, 0.717) is 25.8 Å². The van der Waals surface area contributed by atoms with E-state index in [1.165, 1.54) is 0 Å². The fraction of sp³-hybridized carbons (Fsp3) is 0.524. The Bertz CT molecular complexity index is 806. The zero-order valence-corrected chi connectivity index (χ0v) is 18.6. The first-order valence-electron chi connectivity index (χ1n) is 10.4. The number of rotatable bonds is 13. The number of aromatic hydroxyl groups is 1. The van der Waals surface area contributed by atoms with Crippen molar-refractivity contribution in [2.75, 3.05) is 19.6 Å². The molecule has 4 amide bonds. The van der Waals surface area contributed by atoms with Crippen LogP contribution in [-0.4, -0.2) is 60.5 Å². The van der Waals surface area contributed by atoms with E-state index in [4.69, 9.17) is 17.2 Å². The van der Waals surface area contributed by atoms with E-state index in [2.05, 4.69) is 16.0 Å². The molecule has 0 saturated carbocycles. The quantitative estimate of drug-likeness (QED) is 0.172. The van der Waals surface area contributed by atoms with Crippen LogP contribution < -0.4 is 33.2 Å². The molecule has 1 rings (SSSR count). The standard InChI is InChI=1S/C21H34N6O5/c1-12-7-14(28)8-13(2)15(12)9-17(26-19(30)10-23)21(32)27-16(5-3-4-6-22)20(31)25-11-18(24)29/h7-8,16-17,28H,3-6,9-11,22-23H2,1-2H3,(H2,24,29)(H,25,31)(H,26,30)(H,27,32)/t16-,17-/m0/s1. The van der Waals surface area contributed by atoms with Crippen LogP contribution >= 0.6 is 0 Å². The maximum atomic E-state index is 13.1. The molecule has 0 radical (unpaired) electrons. The van der Waals surface area contributed by atoms with E-state index in [1.807, 2.05) is 0 Å². The first kappa shape index (κ1) is 26.9. The van der Waals surface area contributed by atoms with Gasteiger partial charge in [0.15, 0.2) is 0 Å². The lowest BCUT2D eigenvalue weighted by molar-refractivity contribution is -0.132. The Balaban J connectivity index is 3.07. The van der Waals surface area contributed by atoms with E-state index in [-0.39, 0.29) is 25.3 Å². The summed E-state index contributed by atoms with van der Waals surface area (Å²) in [6.07, 6.45) is 1.65. The van der Waals surface area contributed by atoms with Gasteiger partial charge in [0.2, 0.25) is 23.6 Å². The number of phenolic OH excluding ortho intramolecular Hbond substituents is 1. The molecule has 0 aromatic heterocycles. The lowest BCUT2D eigenvalue weighted by Gasteiger charge is -2.24. The van der Waals surface area contributed by atoms with Gasteiger partial charge in [0.05, 0.1) is 13.1 Å². The number of nitrogens with one attached hydrogen (secondary N) is 3. The van der Waals surface area contributed by atoms with Crippen molar-refractivity contribution in [2.24, 2.45) is 17.2 Å². The Morgan fingerprint density at radius 1 is 0.969 bits per heavy atom. The number of carbonyl (C=O) groups excluding carboxylic acids is 4. The number of unbranched alkanes of at least 4 members (excludes halogenated alkanes) is 1. The van der Waals surface area contributed by atoms with Gasteiger partial charge < -0.3 is 38.3 Å². The summed E-state index contributed by atoms with van der Waals surface area (Å²) in [7, 11) is 0. The molecule has 10 N–H and O–H groups in total. The maximum absolute atomic E-state index is 13.1. The lowest BCUT2D eigenvalue weighted by Crippen LogP contribution is -2.55. The predicted molar refractivity (Wildman–Crippen MR) is 119 cm³/mol. The number of primary amides is 1. The van der Waals surface area contributed by atoms with Crippen molar-refractivity contribution >= 4 is 23.6 Å². The minimum Gasteiger partial charge on any atom is -0.508 e. The van der Waals surface area contributed by atoms with Gasteiger partial charge in [-0.15, -0.1) is 0 Å². The smallest absolute Gasteiger partial charge is 0.243 e. The Morgan fingerprint density at radius 3 is 2.12 bits per heavy atom. The average molecular weight is 451 g/mol. The highest BCUT2D eigenvalue weighted by atomic mass is 16.3. The molecular formula is C21H34N6O5. The molecular weight excluding hydrogens is 416 g/mol. The highest BCUT2D eigenvalue weighted by Gasteiger charge is 2.27. The van der Waals surface area contributed by atoms with Gasteiger partial charge >= 0.3 is 0 Å². The number of benzene rings is 1. The Hall–Kier alpha value is -3.18. The first-order valence-corrected chi connectivity index (χ1v) is 10.4. The third kappa shape index (κ3) is 8.90. The van der Waals surface area contributed by atoms with Gasteiger partial charge in [0.25, 0.3) is 0 Å². The monoisotopic (exact) mass is 450 g/mol. The van der Waals surface area contributed by atoms with Crippen molar-refractivity contribution in [1.82, 2.24) is 16.0 Å². The number of amides is 4. The molecule has 178 valence electrons. The number of carbonyl (C=O) groups is 4. The molecule has 0 heterocycles. The molecule has 0 aliphatic rings. The molecule has 0 aliphatic heterocycles. The van der Waals surface area contributed by atoms with Gasteiger partial charge in [-0.05, 0) is 68.5 Å². The van der Waals surface area contributed by atoms with Crippen molar-refractivity contribution in [3.05, 3.63) is 28.8 Å². The second-order valence-electron chi connectivity index (χ2n) is 7.62. The molecule has 11 heteroatoms. The maximum Gasteiger partial charge on any atom is 0.243 e. The molecule has 0 unspecified atom stereocenters. The summed E-state index contributed by atoms with van der Waals surface area (Å²) in [5.74, 6) is -2.28. The van der Waals surface area contributed by atoms with Gasteiger partial charge in [0, 0.05) is 6.42 Å². The molecule has 0 spiro atoms. The summed E-state index contributed by atoms with van der Waals surface area (Å²) in [5, 5.41) is 17.4. The first-order chi connectivity index (χ1) is 15.1. The van der Waals surface area contributed by atoms with Crippen LogP contribution in [0.3, 0.4) is 0 Å². The SMILES string of the molecule is Cc1cc(O)cc(C)c1C[C@H](NC(=O)CN)C(=O)N[C@@H](CCCCN)C(=O)NCC(N)=O. The predicted octanol–water partition coefficient (Wildman–Crippen LogP) is -1.79. The van der Waals surface area contributed by atoms with Crippen molar-refractivity contribution < 1.29 is 24.3 Å². The number of hydrogen-bond acceptors (Lipinski definition) is 7. The van der Waals surface area contributed by atoms with Gasteiger partial charge in [-0.2, -0.15) is 0 Å². The molecule has 0 aliphatic carbocycles. The lowest BCUT2D eigenvalue weighted by atomic mass is 9.95. The third-order valence-corrected chi connectivity index (χ3v) is 4.94. The summed E-state index contributed by atoms with van der Waals surface area (Å²) in [4.78, 5) is 48.5. The average Bonchev–Trinajstić information content (AvgIpc) is 2.72. The van der Waals surface area contributed by atoms with Gasteiger partial charge in [-0.3, -0.25) is 19.2 Å². The molecule has 11 nitrogen and oxygen atoms in total. The van der Waals surface area contributed by atoms with Crippen molar-refractivity contribution in [1.29, 1.82) is 0 Å². The van der Waals surface area contributed by atoms with Crippen LogP contribution in [-0.2, 0) is 25.6 Å². The van der Waals surface area contributed by atoms with Gasteiger partial charge in [0.1, 0.15) is 17.8 Å². The molecule has 2 atom stereocenters. The number of aryl methyl sites for hydroxylation is 2. The summed E-state index contributed by atoms with van der Waals surface area (Å²) in [6.45, 7) is 3.33. The minimum absolute atomic E-state index is 0.0989. The third-order valence-electron chi connectivity index (χ3n) is 4.94. The normalized spacial score (nSPS) is 12.5. The van der Waals surface area contributed by atoms with Crippen LogP contribution in [0.25, 0.3) is 0 Å². The zero-order valence-electron chi connectivity index (χ0n) is 18.6. The van der Waals surface area contributed by atoms with E-state index >= 15 is 0 Å². The fourth-order valence-corrected chi connectivity index (χ4v) is 3.29. The summed E-state index contributed by atoms with van der Waals surface area (Å²) in [6, 6.07) is 1.19. The van der Waals surface area contributed by atoms with Gasteiger partial charge in [-0.1, -0.05) is 0 Å². The molecule has 0 fully saturated rings. The van der Waals surface area contributed by atoms with E-state index < -0.39 is 35.7 Å². The number of hydrogen-bond donors (Lipinski definition) is 7. The molecule has 0 saturated heterocycles. The molecule has 1 aromatic rings. The van der Waals surface area contributed by atoms with Crippen molar-refractivity contribution in [3.8, 4) is 5.75 Å². The number of phenols is 1. The van der Waals surface area contributed by atoms with E-state index in [1.54, 1.807) is 26.0 Å². The summed E-state index contributed by atoms with van der Waals surface area (Å²) < 4.78 is 0. The highest BCUT2D eigenvalue weighted by molar-refractivity contribution is 5.93. The Labute approximate surface area is 187 Å². The van der Waals surface area contributed by atoms with E-state index in [0.717, 1.165) is 16.7 Å². The fourth-order valence-electron chi connectivity index (χ4n) is 3.29. The van der Waals surface area contributed by atoms with Crippen LogP contribution in [0.2, 0.25) is 0 Å². The summed E-state index contributed by atoms with van der Waals surface area (Å²) >= 11 is 0. The number of nitrogens with two attached hydrogens (primary N) is 3. The highest BCUT2D eigenvalue weighted by Crippen LogP contribution is 2.22. The van der Waals surface area contributed by atoms with Crippen LogP contribution in [0.5, 0.6) is 5.75 Å². The molecule has 0 bridgehead atoms. The van der Waals surface area contributed by atoms with Crippen LogP contribution in [0.15, 0.2) is 12.1 Å². The second-order valence-corrected chi connectivity index (χ2v) is 7.62. The van der Waals surface area contributed by atoms with Gasteiger partial charge in [-0.25, -0.2) is 0 Å². The Kier molecular flexibility index (Phi) is 11.1. The zero-order chi connectivity index (χ0) is 24.3. The minimum atomic E-state index is -1.01.